The van der Waals surface area contributed by atoms with Crippen LogP contribution in [0.2, 0.25) is 0 Å². The van der Waals surface area contributed by atoms with Crippen molar-refractivity contribution in [2.75, 3.05) is 25.1 Å². The molecule has 110 valence electrons. The summed E-state index contributed by atoms with van der Waals surface area (Å²) < 4.78 is 5.46. The van der Waals surface area contributed by atoms with Crippen LogP contribution >= 0.6 is 0 Å². The van der Waals surface area contributed by atoms with Crippen LogP contribution in [0.1, 0.15) is 12.8 Å². The third-order valence-electron chi connectivity index (χ3n) is 3.94. The van der Waals surface area contributed by atoms with E-state index in [1.165, 1.54) is 0 Å². The molecule has 21 heavy (non-hydrogen) atoms. The molecule has 2 N–H and O–H groups in total. The lowest BCUT2D eigenvalue weighted by molar-refractivity contribution is 0.416. The van der Waals surface area contributed by atoms with Crippen molar-refractivity contribution < 1.29 is 4.74 Å². The van der Waals surface area contributed by atoms with Gasteiger partial charge in [0.25, 0.3) is 0 Å². The topological polar surface area (TPSA) is 64.3 Å². The molecule has 0 spiro atoms. The molecule has 1 fully saturated rings. The Morgan fingerprint density at radius 2 is 2.00 bits per heavy atom. The average Bonchev–Trinajstić information content (AvgIpc) is 2.55. The summed E-state index contributed by atoms with van der Waals surface area (Å²) in [7, 11) is 1.68. The van der Waals surface area contributed by atoms with Gasteiger partial charge in [-0.15, -0.1) is 0 Å². The number of rotatable bonds is 3. The molecule has 2 heterocycles. The molecule has 0 saturated carbocycles. The fourth-order valence-corrected chi connectivity index (χ4v) is 2.74. The number of piperidine rings is 1. The third-order valence-corrected chi connectivity index (χ3v) is 3.94. The highest BCUT2D eigenvalue weighted by Crippen LogP contribution is 2.35. The van der Waals surface area contributed by atoms with E-state index in [9.17, 15) is 0 Å². The number of nitrogens with two attached hydrogens (primary N) is 1. The Bertz CT molecular complexity index is 609. The molecule has 0 bridgehead atoms. The zero-order valence-corrected chi connectivity index (χ0v) is 12.2. The summed E-state index contributed by atoms with van der Waals surface area (Å²) in [6.07, 6.45) is 5.47. The van der Waals surface area contributed by atoms with Gasteiger partial charge in [-0.2, -0.15) is 0 Å². The molecule has 1 aromatic heterocycles. The smallest absolute Gasteiger partial charge is 0.128 e. The molecule has 5 nitrogen and oxygen atoms in total. The second kappa shape index (κ2) is 6.10. The maximum Gasteiger partial charge on any atom is 0.128 e. The number of aromatic nitrogens is 2. The van der Waals surface area contributed by atoms with Gasteiger partial charge in [-0.05, 0) is 25.0 Å². The van der Waals surface area contributed by atoms with Gasteiger partial charge >= 0.3 is 0 Å². The number of para-hydroxylation sites is 1. The van der Waals surface area contributed by atoms with Gasteiger partial charge in [0, 0.05) is 24.7 Å². The number of methoxy groups -OCH3 is 1. The normalized spacial score (nSPS) is 16.0. The summed E-state index contributed by atoms with van der Waals surface area (Å²) in [6, 6.07) is 8.24. The summed E-state index contributed by atoms with van der Waals surface area (Å²) >= 11 is 0. The Labute approximate surface area is 124 Å². The number of anilines is 1. The van der Waals surface area contributed by atoms with Crippen molar-refractivity contribution in [2.45, 2.75) is 18.9 Å². The summed E-state index contributed by atoms with van der Waals surface area (Å²) in [5.74, 6) is 0.825. The molecule has 5 heteroatoms. The van der Waals surface area contributed by atoms with E-state index in [1.807, 2.05) is 30.5 Å². The molecule has 1 aliphatic heterocycles. The summed E-state index contributed by atoms with van der Waals surface area (Å²) in [5.41, 5.74) is 8.95. The Kier molecular flexibility index (Phi) is 4.01. The first-order chi connectivity index (χ1) is 10.3. The quantitative estimate of drug-likeness (QED) is 0.935. The monoisotopic (exact) mass is 284 g/mol. The largest absolute Gasteiger partial charge is 0.496 e. The first-order valence-corrected chi connectivity index (χ1v) is 7.23. The molecule has 0 unspecified atom stereocenters. The van der Waals surface area contributed by atoms with Crippen LogP contribution in [0, 0.1) is 0 Å². The van der Waals surface area contributed by atoms with Crippen molar-refractivity contribution in [3.63, 3.8) is 0 Å². The highest BCUT2D eigenvalue weighted by molar-refractivity contribution is 5.78. The van der Waals surface area contributed by atoms with Crippen molar-refractivity contribution in [1.29, 1.82) is 0 Å². The van der Waals surface area contributed by atoms with E-state index in [0.29, 0.717) is 6.04 Å². The van der Waals surface area contributed by atoms with Crippen molar-refractivity contribution >= 4 is 5.69 Å². The van der Waals surface area contributed by atoms with Crippen LogP contribution < -0.4 is 15.4 Å². The van der Waals surface area contributed by atoms with Crippen LogP contribution in [-0.4, -0.2) is 36.2 Å². The predicted molar refractivity (Wildman–Crippen MR) is 83.4 cm³/mol. The molecule has 0 aliphatic carbocycles. The number of nitrogens with zero attached hydrogens (tertiary/aromatic N) is 3. The van der Waals surface area contributed by atoms with Gasteiger partial charge in [0.1, 0.15) is 17.8 Å². The molecule has 0 amide bonds. The van der Waals surface area contributed by atoms with E-state index in [-0.39, 0.29) is 0 Å². The van der Waals surface area contributed by atoms with Crippen molar-refractivity contribution in [3.05, 3.63) is 36.8 Å². The van der Waals surface area contributed by atoms with E-state index in [0.717, 1.165) is 48.6 Å². The van der Waals surface area contributed by atoms with Crippen molar-refractivity contribution in [1.82, 2.24) is 9.97 Å². The molecular formula is C16H20N4O. The second-order valence-corrected chi connectivity index (χ2v) is 5.28. The first kappa shape index (κ1) is 13.8. The predicted octanol–water partition coefficient (Wildman–Crippen LogP) is 2.08. The van der Waals surface area contributed by atoms with Crippen LogP contribution in [0.15, 0.2) is 36.8 Å². The highest BCUT2D eigenvalue weighted by atomic mass is 16.5. The van der Waals surface area contributed by atoms with Gasteiger partial charge in [-0.1, -0.05) is 12.1 Å². The number of ether oxygens (including phenoxy) is 1. The first-order valence-electron chi connectivity index (χ1n) is 7.23. The number of benzene rings is 1. The van der Waals surface area contributed by atoms with Gasteiger partial charge in [0.15, 0.2) is 0 Å². The van der Waals surface area contributed by atoms with Crippen LogP contribution in [0.3, 0.4) is 0 Å². The van der Waals surface area contributed by atoms with E-state index < -0.39 is 0 Å². The van der Waals surface area contributed by atoms with Crippen molar-refractivity contribution in [3.8, 4) is 17.0 Å². The minimum Gasteiger partial charge on any atom is -0.496 e. The van der Waals surface area contributed by atoms with E-state index >= 15 is 0 Å². The molecule has 3 rings (SSSR count). The number of hydrogen-bond acceptors (Lipinski definition) is 5. The molecule has 0 radical (unpaired) electrons. The van der Waals surface area contributed by atoms with Gasteiger partial charge in [-0.3, -0.25) is 0 Å². The Balaban J connectivity index is 2.00. The van der Waals surface area contributed by atoms with Crippen molar-refractivity contribution in [2.24, 2.45) is 5.73 Å². The Morgan fingerprint density at radius 1 is 1.24 bits per heavy atom. The molecule has 1 aliphatic rings. The van der Waals surface area contributed by atoms with Gasteiger partial charge < -0.3 is 15.4 Å². The minimum absolute atomic E-state index is 0.306. The average molecular weight is 284 g/mol. The minimum atomic E-state index is 0.306. The Hall–Kier alpha value is -2.14. The van der Waals surface area contributed by atoms with Crippen LogP contribution in [-0.2, 0) is 0 Å². The SMILES string of the molecule is COc1ccccc1-c1ncncc1N1CCC(N)CC1. The van der Waals surface area contributed by atoms with Gasteiger partial charge in [0.2, 0.25) is 0 Å². The Morgan fingerprint density at radius 3 is 2.76 bits per heavy atom. The summed E-state index contributed by atoms with van der Waals surface area (Å²) in [5, 5.41) is 0. The maximum absolute atomic E-state index is 5.99. The van der Waals surface area contributed by atoms with E-state index in [4.69, 9.17) is 10.5 Å². The lowest BCUT2D eigenvalue weighted by Crippen LogP contribution is -2.40. The molecule has 2 aromatic rings. The standard InChI is InChI=1S/C16H20N4O/c1-21-15-5-3-2-4-13(15)16-14(10-18-11-19-16)20-8-6-12(17)7-9-20/h2-5,10-12H,6-9,17H2,1H3. The molecular weight excluding hydrogens is 264 g/mol. The fourth-order valence-electron chi connectivity index (χ4n) is 2.74. The highest BCUT2D eigenvalue weighted by Gasteiger charge is 2.21. The summed E-state index contributed by atoms with van der Waals surface area (Å²) in [4.78, 5) is 11.0. The molecule has 1 aromatic carbocycles. The van der Waals surface area contributed by atoms with Gasteiger partial charge in [-0.25, -0.2) is 9.97 Å². The van der Waals surface area contributed by atoms with Crippen LogP contribution in [0.5, 0.6) is 5.75 Å². The number of hydrogen-bond donors (Lipinski definition) is 1. The van der Waals surface area contributed by atoms with Crippen LogP contribution in [0.25, 0.3) is 11.3 Å². The van der Waals surface area contributed by atoms with Crippen LogP contribution in [0.4, 0.5) is 5.69 Å². The van der Waals surface area contributed by atoms with Gasteiger partial charge in [0.05, 0.1) is 19.0 Å². The third kappa shape index (κ3) is 2.83. The summed E-state index contributed by atoms with van der Waals surface area (Å²) in [6.45, 7) is 1.88. The van der Waals surface area contributed by atoms with E-state index in [1.54, 1.807) is 13.4 Å². The van der Waals surface area contributed by atoms with E-state index in [2.05, 4.69) is 14.9 Å². The lowest BCUT2D eigenvalue weighted by atomic mass is 10.0. The lowest BCUT2D eigenvalue weighted by Gasteiger charge is -2.32. The molecule has 0 atom stereocenters. The fraction of sp³-hybridized carbons (Fsp3) is 0.375. The zero-order chi connectivity index (χ0) is 14.7. The zero-order valence-electron chi connectivity index (χ0n) is 12.2. The molecule has 1 saturated heterocycles. The maximum atomic E-state index is 5.99. The second-order valence-electron chi connectivity index (χ2n) is 5.28.